The maximum Gasteiger partial charge on any atom is 0.330 e. The number of carbonyl (C=O) groups is 1. The Balaban J connectivity index is 0.000000288. The van der Waals surface area contributed by atoms with E-state index in [-0.39, 0.29) is 5.57 Å². The van der Waals surface area contributed by atoms with Crippen LogP contribution in [0.15, 0.2) is 30.4 Å². The summed E-state index contributed by atoms with van der Waals surface area (Å²) in [5, 5.41) is 9.00. The largest absolute Gasteiger partial charge is 0.478 e. The fourth-order valence-electron chi connectivity index (χ4n) is 0.502. The van der Waals surface area contributed by atoms with Gasteiger partial charge in [-0.15, -0.1) is 0 Å². The van der Waals surface area contributed by atoms with Gasteiger partial charge in [-0.2, -0.15) is 0 Å². The summed E-state index contributed by atoms with van der Waals surface area (Å²) in [6, 6.07) is 4.98. The van der Waals surface area contributed by atoms with Gasteiger partial charge in [-0.3, -0.25) is 0 Å². The van der Waals surface area contributed by atoms with Crippen molar-refractivity contribution in [3.8, 4) is 0 Å². The number of carboxylic acid groups (broad SMARTS) is 1. The van der Waals surface area contributed by atoms with Crippen molar-refractivity contribution in [2.45, 2.75) is 6.92 Å². The number of nitrogens with two attached hydrogens (primary N) is 1. The zero-order valence-corrected chi connectivity index (χ0v) is 9.64. The molecule has 0 aliphatic carbocycles. The van der Waals surface area contributed by atoms with Crippen LogP contribution >= 0.6 is 23.2 Å². The van der Waals surface area contributed by atoms with Crippen molar-refractivity contribution >= 4 is 34.9 Å². The van der Waals surface area contributed by atoms with Crippen LogP contribution in [0.1, 0.15) is 6.92 Å². The molecular weight excluding hydrogens is 237 g/mol. The minimum Gasteiger partial charge on any atom is -0.478 e. The Morgan fingerprint density at radius 2 is 1.93 bits per heavy atom. The lowest BCUT2D eigenvalue weighted by molar-refractivity contribution is -0.132. The van der Waals surface area contributed by atoms with Crippen molar-refractivity contribution in [1.29, 1.82) is 0 Å². The number of benzene rings is 1. The predicted octanol–water partition coefficient (Wildman–Crippen LogP) is 3.22. The molecule has 3 nitrogen and oxygen atoms in total. The Bertz CT molecular complexity index is 366. The average molecular weight is 248 g/mol. The fourth-order valence-corrected chi connectivity index (χ4v) is 0.910. The maximum absolute atomic E-state index is 9.60. The van der Waals surface area contributed by atoms with E-state index in [0.717, 1.165) is 0 Å². The highest BCUT2D eigenvalue weighted by Gasteiger charge is 1.93. The molecule has 0 spiro atoms. The predicted molar refractivity (Wildman–Crippen MR) is 63.3 cm³/mol. The van der Waals surface area contributed by atoms with Crippen molar-refractivity contribution in [1.82, 2.24) is 0 Å². The lowest BCUT2D eigenvalue weighted by Gasteiger charge is -1.94. The molecule has 0 saturated carbocycles. The topological polar surface area (TPSA) is 63.3 Å². The van der Waals surface area contributed by atoms with E-state index in [4.69, 9.17) is 34.0 Å². The number of hydrogen-bond donors (Lipinski definition) is 2. The third-order valence-electron chi connectivity index (χ3n) is 1.33. The molecule has 0 aromatic heterocycles. The van der Waals surface area contributed by atoms with Crippen LogP contribution in [0.3, 0.4) is 0 Å². The smallest absolute Gasteiger partial charge is 0.330 e. The molecule has 15 heavy (non-hydrogen) atoms. The van der Waals surface area contributed by atoms with Gasteiger partial charge in [0.05, 0.1) is 10.7 Å². The summed E-state index contributed by atoms with van der Waals surface area (Å²) in [5.74, 6) is -0.935. The second-order valence-corrected chi connectivity index (χ2v) is 3.59. The van der Waals surface area contributed by atoms with E-state index >= 15 is 0 Å². The second kappa shape index (κ2) is 6.32. The van der Waals surface area contributed by atoms with E-state index < -0.39 is 5.97 Å². The van der Waals surface area contributed by atoms with Gasteiger partial charge in [-0.25, -0.2) is 4.79 Å². The van der Waals surface area contributed by atoms with Crippen LogP contribution < -0.4 is 5.73 Å². The minimum absolute atomic E-state index is 0.176. The van der Waals surface area contributed by atoms with E-state index in [9.17, 15) is 4.79 Å². The summed E-state index contributed by atoms with van der Waals surface area (Å²) in [6.07, 6.45) is 0. The molecule has 0 unspecified atom stereocenters. The molecule has 0 amide bonds. The molecule has 0 aliphatic heterocycles. The van der Waals surface area contributed by atoms with E-state index in [1.807, 2.05) is 0 Å². The molecule has 0 atom stereocenters. The highest BCUT2D eigenvalue weighted by Crippen LogP contribution is 2.21. The Kier molecular flexibility index (Phi) is 5.82. The first-order valence-corrected chi connectivity index (χ1v) is 4.69. The zero-order valence-electron chi connectivity index (χ0n) is 8.13. The first-order valence-electron chi connectivity index (χ1n) is 3.94. The molecule has 0 saturated heterocycles. The Morgan fingerprint density at radius 3 is 2.20 bits per heavy atom. The molecular formula is C10H11Cl2NO2. The lowest BCUT2D eigenvalue weighted by atomic mass is 10.3. The van der Waals surface area contributed by atoms with Gasteiger partial charge in [-0.1, -0.05) is 29.8 Å². The van der Waals surface area contributed by atoms with Crippen molar-refractivity contribution < 1.29 is 9.90 Å². The second-order valence-electron chi connectivity index (χ2n) is 2.75. The van der Waals surface area contributed by atoms with E-state index in [2.05, 4.69) is 6.58 Å². The number of nitrogen functional groups attached to an aromatic ring is 1. The Labute approximate surface area is 98.1 Å². The van der Waals surface area contributed by atoms with E-state index in [0.29, 0.717) is 15.7 Å². The third kappa shape index (κ3) is 5.99. The van der Waals surface area contributed by atoms with Gasteiger partial charge in [0.25, 0.3) is 0 Å². The van der Waals surface area contributed by atoms with Crippen LogP contribution in [0.5, 0.6) is 0 Å². The van der Waals surface area contributed by atoms with Crippen LogP contribution in [0.2, 0.25) is 10.0 Å². The summed E-state index contributed by atoms with van der Waals surface area (Å²) in [7, 11) is 0. The van der Waals surface area contributed by atoms with Crippen LogP contribution in [-0.4, -0.2) is 11.1 Å². The molecule has 0 radical (unpaired) electrons. The highest BCUT2D eigenvalue weighted by atomic mass is 35.5. The van der Waals surface area contributed by atoms with Crippen LogP contribution in [-0.2, 0) is 4.79 Å². The van der Waals surface area contributed by atoms with Crippen molar-refractivity contribution in [3.63, 3.8) is 0 Å². The minimum atomic E-state index is -0.935. The Morgan fingerprint density at radius 1 is 1.47 bits per heavy atom. The summed E-state index contributed by atoms with van der Waals surface area (Å²) in [6.45, 7) is 4.60. The number of carboxylic acids is 1. The van der Waals surface area contributed by atoms with Crippen LogP contribution in [0.25, 0.3) is 0 Å². The van der Waals surface area contributed by atoms with Crippen molar-refractivity contribution in [2.75, 3.05) is 5.73 Å². The van der Waals surface area contributed by atoms with Gasteiger partial charge in [0, 0.05) is 10.6 Å². The molecule has 1 rings (SSSR count). The first-order chi connectivity index (χ1) is 6.84. The molecule has 3 N–H and O–H groups in total. The van der Waals surface area contributed by atoms with Crippen LogP contribution in [0.4, 0.5) is 5.69 Å². The fraction of sp³-hybridized carbons (Fsp3) is 0.100. The highest BCUT2D eigenvalue weighted by molar-refractivity contribution is 6.36. The number of rotatable bonds is 1. The van der Waals surface area contributed by atoms with Crippen molar-refractivity contribution in [3.05, 3.63) is 40.4 Å². The van der Waals surface area contributed by atoms with Gasteiger partial charge in [0.2, 0.25) is 0 Å². The quantitative estimate of drug-likeness (QED) is 0.592. The first kappa shape index (κ1) is 13.8. The summed E-state index contributed by atoms with van der Waals surface area (Å²) in [4.78, 5) is 9.60. The summed E-state index contributed by atoms with van der Waals surface area (Å²) >= 11 is 11.2. The number of hydrogen-bond acceptors (Lipinski definition) is 2. The van der Waals surface area contributed by atoms with Crippen molar-refractivity contribution in [2.24, 2.45) is 0 Å². The molecule has 1 aromatic rings. The maximum atomic E-state index is 9.60. The average Bonchev–Trinajstić information content (AvgIpc) is 2.13. The summed E-state index contributed by atoms with van der Waals surface area (Å²) in [5.41, 5.74) is 6.13. The third-order valence-corrected chi connectivity index (χ3v) is 1.89. The molecule has 0 fully saturated rings. The normalized spacial score (nSPS) is 8.73. The van der Waals surface area contributed by atoms with E-state index in [1.165, 1.54) is 6.92 Å². The Hall–Kier alpha value is -1.19. The molecule has 0 heterocycles. The van der Waals surface area contributed by atoms with E-state index in [1.54, 1.807) is 18.2 Å². The number of aliphatic carboxylic acids is 1. The number of halogens is 2. The molecule has 0 aliphatic rings. The SMILES string of the molecule is C=C(C)C(=O)O.Nc1ccc(Cl)cc1Cl. The molecule has 5 heteroatoms. The number of anilines is 1. The van der Waals surface area contributed by atoms with Crippen LogP contribution in [0, 0.1) is 0 Å². The van der Waals surface area contributed by atoms with Gasteiger partial charge in [-0.05, 0) is 25.1 Å². The van der Waals surface area contributed by atoms with Gasteiger partial charge < -0.3 is 10.8 Å². The van der Waals surface area contributed by atoms with Gasteiger partial charge in [0.15, 0.2) is 0 Å². The molecule has 1 aromatic carbocycles. The zero-order chi connectivity index (χ0) is 12.0. The lowest BCUT2D eigenvalue weighted by Crippen LogP contribution is -1.92. The standard InChI is InChI=1S/C6H5Cl2N.C4H6O2/c7-4-1-2-6(9)5(8)3-4;1-3(2)4(5)6/h1-3H,9H2;1H2,2H3,(H,5,6). The monoisotopic (exact) mass is 247 g/mol. The molecule has 82 valence electrons. The summed E-state index contributed by atoms with van der Waals surface area (Å²) < 4.78 is 0. The van der Waals surface area contributed by atoms with Gasteiger partial charge >= 0.3 is 5.97 Å². The molecule has 0 bridgehead atoms. The van der Waals surface area contributed by atoms with Gasteiger partial charge in [0.1, 0.15) is 0 Å².